The molecule has 0 heterocycles. The van der Waals surface area contributed by atoms with Gasteiger partial charge in [0.2, 0.25) is 11.6 Å². The molecule has 0 bridgehead atoms. The molecular weight excluding hydrogens is 360 g/mol. The third-order valence-corrected chi connectivity index (χ3v) is 4.86. The summed E-state index contributed by atoms with van der Waals surface area (Å²) < 4.78 is 15.8. The van der Waals surface area contributed by atoms with Crippen LogP contribution in [-0.2, 0) is 19.0 Å². The minimum Gasteiger partial charge on any atom is -0.463 e. The molecule has 154 valence electrons. The van der Waals surface area contributed by atoms with E-state index in [1.54, 1.807) is 24.3 Å². The predicted octanol–water partition coefficient (Wildman–Crippen LogP) is 3.09. The standard InChI is InChI=1S/C22H30O6/c1-6-7-19-14-18(9-11-21(19,24)26-4)20-13-17(8-10-22(20,25)27-5)12-15(2)28-16(3)23/h8-11,13-15,24-25H,6-7,12H2,1-5H3. The zero-order chi connectivity index (χ0) is 20.9. The van der Waals surface area contributed by atoms with Gasteiger partial charge in [-0.1, -0.05) is 25.5 Å². The monoisotopic (exact) mass is 390 g/mol. The van der Waals surface area contributed by atoms with Crippen molar-refractivity contribution in [2.45, 2.75) is 57.7 Å². The first-order valence-corrected chi connectivity index (χ1v) is 9.44. The molecular formula is C22H30O6. The van der Waals surface area contributed by atoms with Gasteiger partial charge in [0.15, 0.2) is 0 Å². The van der Waals surface area contributed by atoms with Crippen LogP contribution in [0, 0.1) is 0 Å². The predicted molar refractivity (Wildman–Crippen MR) is 106 cm³/mol. The molecule has 0 aromatic heterocycles. The van der Waals surface area contributed by atoms with E-state index in [0.717, 1.165) is 17.6 Å². The fraction of sp³-hybridized carbons (Fsp3) is 0.500. The summed E-state index contributed by atoms with van der Waals surface area (Å²) >= 11 is 0. The largest absolute Gasteiger partial charge is 0.463 e. The van der Waals surface area contributed by atoms with Gasteiger partial charge in [-0.2, -0.15) is 0 Å². The second-order valence-electron chi connectivity index (χ2n) is 7.10. The maximum atomic E-state index is 11.2. The van der Waals surface area contributed by atoms with Gasteiger partial charge >= 0.3 is 5.97 Å². The zero-order valence-electron chi connectivity index (χ0n) is 17.2. The summed E-state index contributed by atoms with van der Waals surface area (Å²) in [6, 6.07) is 0. The molecule has 2 N–H and O–H groups in total. The highest BCUT2D eigenvalue weighted by molar-refractivity contribution is 5.66. The number of hydrogen-bond acceptors (Lipinski definition) is 6. The lowest BCUT2D eigenvalue weighted by Crippen LogP contribution is -2.35. The van der Waals surface area contributed by atoms with Crippen molar-refractivity contribution in [3.05, 3.63) is 58.7 Å². The molecule has 0 aliphatic heterocycles. The summed E-state index contributed by atoms with van der Waals surface area (Å²) in [6.45, 7) is 5.21. The lowest BCUT2D eigenvalue weighted by molar-refractivity contribution is -0.145. The Labute approximate surface area is 166 Å². The van der Waals surface area contributed by atoms with E-state index in [2.05, 4.69) is 0 Å². The van der Waals surface area contributed by atoms with Crippen molar-refractivity contribution in [3.63, 3.8) is 0 Å². The topological polar surface area (TPSA) is 85.2 Å². The normalized spacial score (nSPS) is 30.7. The minimum absolute atomic E-state index is 0.292. The molecule has 0 fully saturated rings. The molecule has 0 spiro atoms. The SMILES string of the molecule is CCCC1=CC(=C2C=C(CC(C)OC(C)=O)C=CC2(O)OC)C=CC1(O)OC. The molecule has 2 rings (SSSR count). The van der Waals surface area contributed by atoms with E-state index in [4.69, 9.17) is 14.2 Å². The first-order valence-electron chi connectivity index (χ1n) is 9.44. The van der Waals surface area contributed by atoms with Crippen molar-refractivity contribution in [2.24, 2.45) is 0 Å². The van der Waals surface area contributed by atoms with Crippen LogP contribution in [0.25, 0.3) is 0 Å². The van der Waals surface area contributed by atoms with Crippen LogP contribution < -0.4 is 0 Å². The van der Waals surface area contributed by atoms with Crippen LogP contribution in [-0.4, -0.2) is 48.1 Å². The Morgan fingerprint density at radius 3 is 2.32 bits per heavy atom. The van der Waals surface area contributed by atoms with Gasteiger partial charge in [0.25, 0.3) is 0 Å². The Morgan fingerprint density at radius 2 is 1.75 bits per heavy atom. The van der Waals surface area contributed by atoms with Crippen LogP contribution in [0.4, 0.5) is 0 Å². The van der Waals surface area contributed by atoms with Gasteiger partial charge < -0.3 is 24.4 Å². The molecule has 3 atom stereocenters. The molecule has 6 nitrogen and oxygen atoms in total. The Kier molecular flexibility index (Phi) is 7.17. The average Bonchev–Trinajstić information content (AvgIpc) is 2.65. The molecule has 3 unspecified atom stereocenters. The Bertz CT molecular complexity index is 757. The van der Waals surface area contributed by atoms with Crippen LogP contribution in [0.2, 0.25) is 0 Å². The number of methoxy groups -OCH3 is 2. The first kappa shape index (κ1) is 22.3. The summed E-state index contributed by atoms with van der Waals surface area (Å²) in [7, 11) is 2.88. The highest BCUT2D eigenvalue weighted by Gasteiger charge is 2.35. The van der Waals surface area contributed by atoms with Crippen LogP contribution in [0.3, 0.4) is 0 Å². The summed E-state index contributed by atoms with van der Waals surface area (Å²) in [5.74, 6) is -3.38. The number of allylic oxidation sites excluding steroid dienone is 4. The second kappa shape index (κ2) is 9.01. The highest BCUT2D eigenvalue weighted by Crippen LogP contribution is 2.37. The molecule has 0 radical (unpaired) electrons. The van der Waals surface area contributed by atoms with E-state index in [9.17, 15) is 15.0 Å². The van der Waals surface area contributed by atoms with Gasteiger partial charge in [-0.25, -0.2) is 0 Å². The van der Waals surface area contributed by atoms with E-state index in [-0.39, 0.29) is 12.1 Å². The fourth-order valence-electron chi connectivity index (χ4n) is 3.43. The molecule has 2 aliphatic carbocycles. The third kappa shape index (κ3) is 4.89. The molecule has 0 amide bonds. The molecule has 2 aliphatic rings. The summed E-state index contributed by atoms with van der Waals surface area (Å²) in [5.41, 5.74) is 2.87. The van der Waals surface area contributed by atoms with Gasteiger partial charge in [-0.15, -0.1) is 0 Å². The number of ether oxygens (including phenoxy) is 3. The zero-order valence-corrected chi connectivity index (χ0v) is 17.2. The van der Waals surface area contributed by atoms with Gasteiger partial charge in [0.1, 0.15) is 6.10 Å². The summed E-state index contributed by atoms with van der Waals surface area (Å²) in [6.07, 6.45) is 12.0. The van der Waals surface area contributed by atoms with E-state index in [1.807, 2.05) is 26.0 Å². The van der Waals surface area contributed by atoms with Gasteiger partial charge in [-0.3, -0.25) is 4.79 Å². The van der Waals surface area contributed by atoms with Crippen molar-refractivity contribution >= 4 is 5.97 Å². The average molecular weight is 390 g/mol. The van der Waals surface area contributed by atoms with E-state index in [1.165, 1.54) is 21.1 Å². The molecule has 28 heavy (non-hydrogen) atoms. The Morgan fingerprint density at radius 1 is 1.11 bits per heavy atom. The van der Waals surface area contributed by atoms with Crippen LogP contribution in [0.5, 0.6) is 0 Å². The first-order chi connectivity index (χ1) is 13.2. The van der Waals surface area contributed by atoms with Crippen molar-refractivity contribution in [3.8, 4) is 0 Å². The Hall–Kier alpha value is -1.99. The molecule has 0 saturated carbocycles. The lowest BCUT2D eigenvalue weighted by Gasteiger charge is -2.33. The van der Waals surface area contributed by atoms with Crippen LogP contribution >= 0.6 is 0 Å². The maximum absolute atomic E-state index is 11.2. The van der Waals surface area contributed by atoms with E-state index in [0.29, 0.717) is 24.0 Å². The number of carbonyl (C=O) groups is 1. The Balaban J connectivity index is 2.46. The molecule has 0 saturated heterocycles. The van der Waals surface area contributed by atoms with Gasteiger partial charge in [0, 0.05) is 33.1 Å². The van der Waals surface area contributed by atoms with Crippen LogP contribution in [0.15, 0.2) is 58.7 Å². The molecule has 0 aromatic carbocycles. The van der Waals surface area contributed by atoms with Crippen molar-refractivity contribution in [1.82, 2.24) is 0 Å². The summed E-state index contributed by atoms with van der Waals surface area (Å²) in [5, 5.41) is 21.6. The van der Waals surface area contributed by atoms with Gasteiger partial charge in [-0.05, 0) is 54.4 Å². The second-order valence-corrected chi connectivity index (χ2v) is 7.10. The highest BCUT2D eigenvalue weighted by atomic mass is 16.6. The smallest absolute Gasteiger partial charge is 0.302 e. The van der Waals surface area contributed by atoms with E-state index >= 15 is 0 Å². The van der Waals surface area contributed by atoms with E-state index < -0.39 is 11.6 Å². The van der Waals surface area contributed by atoms with Crippen molar-refractivity contribution in [2.75, 3.05) is 14.2 Å². The number of esters is 1. The quantitative estimate of drug-likeness (QED) is 0.513. The third-order valence-electron chi connectivity index (χ3n) is 4.86. The number of aliphatic hydroxyl groups is 2. The van der Waals surface area contributed by atoms with Crippen molar-refractivity contribution in [1.29, 1.82) is 0 Å². The molecule has 0 aromatic rings. The lowest BCUT2D eigenvalue weighted by atomic mass is 9.85. The number of carbonyl (C=O) groups excluding carboxylic acids is 1. The number of hydrogen-bond donors (Lipinski definition) is 2. The van der Waals surface area contributed by atoms with Crippen molar-refractivity contribution < 1.29 is 29.2 Å². The fourth-order valence-corrected chi connectivity index (χ4v) is 3.43. The maximum Gasteiger partial charge on any atom is 0.302 e. The minimum atomic E-state index is -1.59. The van der Waals surface area contributed by atoms with Crippen LogP contribution in [0.1, 0.15) is 40.0 Å². The number of rotatable bonds is 7. The van der Waals surface area contributed by atoms with Gasteiger partial charge in [0.05, 0.1) is 0 Å². The molecule has 6 heteroatoms. The summed E-state index contributed by atoms with van der Waals surface area (Å²) in [4.78, 5) is 11.2.